The fraction of sp³-hybridized carbons (Fsp3) is 0.348. The fourth-order valence-corrected chi connectivity index (χ4v) is 4.02. The molecule has 0 radical (unpaired) electrons. The lowest BCUT2D eigenvalue weighted by atomic mass is 9.74. The summed E-state index contributed by atoms with van der Waals surface area (Å²) in [5.74, 6) is 0.521. The number of fused-ring (bicyclic) bond motifs is 1. The molecule has 0 bridgehead atoms. The molecule has 124 valence electrons. The van der Waals surface area contributed by atoms with Crippen molar-refractivity contribution in [1.29, 1.82) is 5.41 Å². The molecule has 2 aromatic carbocycles. The lowest BCUT2D eigenvalue weighted by molar-refractivity contribution is 0.501. The summed E-state index contributed by atoms with van der Waals surface area (Å²) in [4.78, 5) is 0. The Hall–Kier alpha value is -2.15. The molecule has 0 fully saturated rings. The van der Waals surface area contributed by atoms with Crippen LogP contribution in [-0.2, 0) is 5.41 Å². The summed E-state index contributed by atoms with van der Waals surface area (Å²) in [6.07, 6.45) is 4.91. The highest BCUT2D eigenvalue weighted by molar-refractivity contribution is 5.92. The molecule has 0 aromatic heterocycles. The minimum atomic E-state index is 0.000226. The van der Waals surface area contributed by atoms with Gasteiger partial charge < -0.3 is 5.41 Å². The van der Waals surface area contributed by atoms with Crippen LogP contribution in [0.1, 0.15) is 52.2 Å². The van der Waals surface area contributed by atoms with E-state index >= 15 is 0 Å². The third kappa shape index (κ3) is 2.84. The van der Waals surface area contributed by atoms with Crippen molar-refractivity contribution < 1.29 is 0 Å². The van der Waals surface area contributed by atoms with E-state index in [1.807, 2.05) is 0 Å². The highest BCUT2D eigenvalue weighted by atomic mass is 14.4. The van der Waals surface area contributed by atoms with E-state index in [2.05, 4.69) is 77.1 Å². The highest BCUT2D eigenvalue weighted by Crippen LogP contribution is 2.41. The third-order valence-electron chi connectivity index (χ3n) is 5.56. The second-order valence-electron chi connectivity index (χ2n) is 7.78. The molecule has 0 spiro atoms. The Balaban J connectivity index is 2.06. The lowest BCUT2D eigenvalue weighted by Gasteiger charge is -2.30. The van der Waals surface area contributed by atoms with Crippen molar-refractivity contribution in [2.24, 2.45) is 5.92 Å². The van der Waals surface area contributed by atoms with Gasteiger partial charge in [0.05, 0.1) is 0 Å². The molecule has 0 amide bonds. The normalized spacial score (nSPS) is 18.2. The summed E-state index contributed by atoms with van der Waals surface area (Å²) < 4.78 is 0. The smallest absolute Gasteiger partial charge is 0.0253 e. The Morgan fingerprint density at radius 2 is 1.71 bits per heavy atom. The van der Waals surface area contributed by atoms with Gasteiger partial charge in [0.1, 0.15) is 0 Å². The van der Waals surface area contributed by atoms with Gasteiger partial charge in [0.15, 0.2) is 0 Å². The summed E-state index contributed by atoms with van der Waals surface area (Å²) in [5.41, 5.74) is 6.72. The Morgan fingerprint density at radius 3 is 2.25 bits per heavy atom. The Kier molecular flexibility index (Phi) is 4.21. The molecule has 1 N–H and O–H groups in total. The predicted octanol–water partition coefficient (Wildman–Crippen LogP) is 6.42. The van der Waals surface area contributed by atoms with E-state index in [9.17, 15) is 0 Å². The molecule has 0 saturated carbocycles. The summed E-state index contributed by atoms with van der Waals surface area (Å²) in [5, 5.41) is 10.3. The maximum absolute atomic E-state index is 7.89. The van der Waals surface area contributed by atoms with Crippen LogP contribution in [0.5, 0.6) is 0 Å². The number of benzene rings is 2. The van der Waals surface area contributed by atoms with Crippen molar-refractivity contribution in [3.8, 4) is 0 Å². The highest BCUT2D eigenvalue weighted by Gasteiger charge is 2.29. The van der Waals surface area contributed by atoms with Crippen LogP contribution in [0, 0.1) is 11.3 Å². The van der Waals surface area contributed by atoms with Gasteiger partial charge in [-0.25, -0.2) is 0 Å². The molecule has 1 heteroatoms. The molecule has 1 aliphatic rings. The number of rotatable bonds is 4. The molecule has 1 atom stereocenters. The first kappa shape index (κ1) is 16.7. The van der Waals surface area contributed by atoms with E-state index in [1.54, 1.807) is 5.57 Å². The van der Waals surface area contributed by atoms with Crippen molar-refractivity contribution in [3.05, 3.63) is 70.3 Å². The lowest BCUT2D eigenvalue weighted by Crippen LogP contribution is -2.21. The van der Waals surface area contributed by atoms with Crippen molar-refractivity contribution in [2.75, 3.05) is 0 Å². The molecule has 2 aromatic rings. The zero-order valence-electron chi connectivity index (χ0n) is 15.4. The number of allylic oxidation sites excluding steroid dienone is 4. The first-order chi connectivity index (χ1) is 11.3. The number of hydrogen-bond acceptors (Lipinski definition) is 1. The zero-order valence-corrected chi connectivity index (χ0v) is 15.4. The average molecular weight is 317 g/mol. The van der Waals surface area contributed by atoms with Gasteiger partial charge in [-0.2, -0.15) is 0 Å². The van der Waals surface area contributed by atoms with Crippen molar-refractivity contribution in [3.63, 3.8) is 0 Å². The summed E-state index contributed by atoms with van der Waals surface area (Å²) in [6.45, 7) is 11.4. The van der Waals surface area contributed by atoms with E-state index in [1.165, 1.54) is 33.7 Å². The number of nitrogens with one attached hydrogen (secondary N) is 1. The van der Waals surface area contributed by atoms with Gasteiger partial charge in [-0.3, -0.25) is 0 Å². The maximum atomic E-state index is 7.89. The second-order valence-corrected chi connectivity index (χ2v) is 7.78. The van der Waals surface area contributed by atoms with Crippen LogP contribution < -0.4 is 0 Å². The van der Waals surface area contributed by atoms with E-state index in [0.717, 1.165) is 12.0 Å². The van der Waals surface area contributed by atoms with Crippen LogP contribution >= 0.6 is 0 Å². The van der Waals surface area contributed by atoms with Gasteiger partial charge in [0.2, 0.25) is 0 Å². The summed E-state index contributed by atoms with van der Waals surface area (Å²) in [7, 11) is 0. The van der Waals surface area contributed by atoms with E-state index < -0.39 is 0 Å². The molecule has 1 nitrogen and oxygen atoms in total. The predicted molar refractivity (Wildman–Crippen MR) is 105 cm³/mol. The van der Waals surface area contributed by atoms with Crippen molar-refractivity contribution in [1.82, 2.24) is 0 Å². The number of hydrogen-bond donors (Lipinski definition) is 1. The van der Waals surface area contributed by atoms with Gasteiger partial charge in [0.25, 0.3) is 0 Å². The molecular weight excluding hydrogens is 290 g/mol. The third-order valence-corrected chi connectivity index (χ3v) is 5.56. The second kappa shape index (κ2) is 6.05. The Morgan fingerprint density at radius 1 is 1.08 bits per heavy atom. The fourth-order valence-electron chi connectivity index (χ4n) is 4.02. The van der Waals surface area contributed by atoms with Crippen LogP contribution in [0.4, 0.5) is 0 Å². The first-order valence-corrected chi connectivity index (χ1v) is 8.75. The van der Waals surface area contributed by atoms with Crippen LogP contribution in [0.3, 0.4) is 0 Å². The molecule has 3 rings (SSSR count). The van der Waals surface area contributed by atoms with E-state index in [-0.39, 0.29) is 5.41 Å². The van der Waals surface area contributed by atoms with E-state index in [4.69, 9.17) is 5.41 Å². The molecule has 0 aliphatic heterocycles. The SMILES string of the molecule is CC1=CC(C)C(CC(C)(C)c2cc3ccccc3cc2C=N)=C1C. The molecule has 0 heterocycles. The van der Waals surface area contributed by atoms with Gasteiger partial charge >= 0.3 is 0 Å². The zero-order chi connectivity index (χ0) is 17.5. The van der Waals surface area contributed by atoms with Crippen molar-refractivity contribution >= 4 is 17.0 Å². The minimum absolute atomic E-state index is 0.000226. The Bertz CT molecular complexity index is 865. The van der Waals surface area contributed by atoms with Gasteiger partial charge in [0, 0.05) is 6.21 Å². The topological polar surface area (TPSA) is 23.9 Å². The molecule has 0 saturated heterocycles. The first-order valence-electron chi connectivity index (χ1n) is 8.75. The molecular formula is C23H27N. The van der Waals surface area contributed by atoms with Gasteiger partial charge in [-0.1, -0.05) is 62.3 Å². The van der Waals surface area contributed by atoms with Crippen LogP contribution in [0.2, 0.25) is 0 Å². The van der Waals surface area contributed by atoms with Gasteiger partial charge in [-0.05, 0) is 71.2 Å². The molecule has 24 heavy (non-hydrogen) atoms. The summed E-state index contributed by atoms with van der Waals surface area (Å²) in [6, 6.07) is 12.9. The average Bonchev–Trinajstić information content (AvgIpc) is 2.79. The van der Waals surface area contributed by atoms with Gasteiger partial charge in [-0.15, -0.1) is 0 Å². The molecule has 1 unspecified atom stereocenters. The Labute approximate surface area is 145 Å². The van der Waals surface area contributed by atoms with E-state index in [0.29, 0.717) is 5.92 Å². The monoisotopic (exact) mass is 317 g/mol. The van der Waals surface area contributed by atoms with Crippen LogP contribution in [-0.4, -0.2) is 6.21 Å². The largest absolute Gasteiger partial charge is 0.308 e. The molecule has 1 aliphatic carbocycles. The van der Waals surface area contributed by atoms with Crippen molar-refractivity contribution in [2.45, 2.75) is 46.5 Å². The quantitative estimate of drug-likeness (QED) is 0.629. The van der Waals surface area contributed by atoms with Crippen LogP contribution in [0.15, 0.2) is 59.2 Å². The summed E-state index contributed by atoms with van der Waals surface area (Å²) >= 11 is 0. The maximum Gasteiger partial charge on any atom is 0.0253 e. The minimum Gasteiger partial charge on any atom is -0.308 e. The standard InChI is InChI=1S/C23H27N/c1-15-10-16(2)21(17(15)3)13-23(4,5)22-12-19-9-7-6-8-18(19)11-20(22)14-24/h6-12,14,16,24H,13H2,1-5H3. The van der Waals surface area contributed by atoms with Crippen LogP contribution in [0.25, 0.3) is 10.8 Å².